The minimum Gasteiger partial charge on any atom is -0.507 e. The Bertz CT molecular complexity index is 609. The fraction of sp³-hybridized carbons (Fsp3) is 0.0714. The first-order chi connectivity index (χ1) is 9.18. The van der Waals surface area contributed by atoms with Gasteiger partial charge >= 0.3 is 0 Å². The van der Waals surface area contributed by atoms with Crippen molar-refractivity contribution in [3.05, 3.63) is 59.9 Å². The second kappa shape index (κ2) is 5.77. The summed E-state index contributed by atoms with van der Waals surface area (Å²) in [5.74, 6) is -0.525. The van der Waals surface area contributed by atoms with Crippen LogP contribution in [0.2, 0.25) is 0 Å². The van der Waals surface area contributed by atoms with Gasteiger partial charge in [0.25, 0.3) is 5.91 Å². The molecule has 0 aliphatic rings. The summed E-state index contributed by atoms with van der Waals surface area (Å²) in [6.45, 7) is 1.78. The third kappa shape index (κ3) is 3.16. The lowest BCUT2D eigenvalue weighted by Crippen LogP contribution is -2.19. The van der Waals surface area contributed by atoms with Crippen LogP contribution in [0.15, 0.2) is 53.9 Å². The summed E-state index contributed by atoms with van der Waals surface area (Å²) in [6, 6.07) is 9.90. The van der Waals surface area contributed by atoms with Crippen molar-refractivity contribution in [3.8, 4) is 5.75 Å². The molecule has 0 aliphatic carbocycles. The highest BCUT2D eigenvalue weighted by atomic mass is 16.3. The largest absolute Gasteiger partial charge is 0.507 e. The average Bonchev–Trinajstić information content (AvgIpc) is 2.46. The number of carbonyl (C=O) groups excluding carboxylic acids is 1. The maximum absolute atomic E-state index is 11.8. The van der Waals surface area contributed by atoms with Gasteiger partial charge in [0.15, 0.2) is 0 Å². The van der Waals surface area contributed by atoms with E-state index >= 15 is 0 Å². The first-order valence-electron chi connectivity index (χ1n) is 5.71. The molecule has 5 heteroatoms. The maximum atomic E-state index is 11.8. The SMILES string of the molecule is C/C(=N\NC(=O)c1ccccc1O)c1ccncc1. The fourth-order valence-electron chi connectivity index (χ4n) is 1.52. The lowest BCUT2D eigenvalue weighted by atomic mass is 10.2. The summed E-state index contributed by atoms with van der Waals surface area (Å²) >= 11 is 0. The number of amides is 1. The predicted molar refractivity (Wildman–Crippen MR) is 72.0 cm³/mol. The zero-order valence-electron chi connectivity index (χ0n) is 10.4. The number of carbonyl (C=O) groups is 1. The third-order valence-corrected chi connectivity index (χ3v) is 2.57. The van der Waals surface area contributed by atoms with Crippen LogP contribution >= 0.6 is 0 Å². The second-order valence-electron chi connectivity index (χ2n) is 3.89. The third-order valence-electron chi connectivity index (χ3n) is 2.57. The molecule has 2 aromatic rings. The van der Waals surface area contributed by atoms with Crippen molar-refractivity contribution in [2.45, 2.75) is 6.92 Å². The van der Waals surface area contributed by atoms with Crippen molar-refractivity contribution in [3.63, 3.8) is 0 Å². The van der Waals surface area contributed by atoms with Gasteiger partial charge in [-0.05, 0) is 31.2 Å². The van der Waals surface area contributed by atoms with Crippen molar-refractivity contribution in [2.24, 2.45) is 5.10 Å². The highest BCUT2D eigenvalue weighted by Crippen LogP contribution is 2.14. The van der Waals surface area contributed by atoms with Gasteiger partial charge in [-0.1, -0.05) is 12.1 Å². The number of hydrogen-bond donors (Lipinski definition) is 2. The van der Waals surface area contributed by atoms with Gasteiger partial charge in [-0.3, -0.25) is 9.78 Å². The molecule has 0 saturated heterocycles. The van der Waals surface area contributed by atoms with E-state index in [1.165, 1.54) is 12.1 Å². The molecule has 1 aromatic heterocycles. The Kier molecular flexibility index (Phi) is 3.87. The number of aromatic nitrogens is 1. The topological polar surface area (TPSA) is 74.6 Å². The predicted octanol–water partition coefficient (Wildman–Crippen LogP) is 1.94. The number of nitrogens with zero attached hydrogens (tertiary/aromatic N) is 2. The molecule has 2 N–H and O–H groups in total. The number of benzene rings is 1. The molecule has 0 saturated carbocycles. The van der Waals surface area contributed by atoms with E-state index in [2.05, 4.69) is 15.5 Å². The van der Waals surface area contributed by atoms with E-state index in [0.717, 1.165) is 5.56 Å². The van der Waals surface area contributed by atoms with Crippen LogP contribution in [-0.2, 0) is 0 Å². The summed E-state index contributed by atoms with van der Waals surface area (Å²) in [5.41, 5.74) is 4.12. The summed E-state index contributed by atoms with van der Waals surface area (Å²) in [4.78, 5) is 15.7. The smallest absolute Gasteiger partial charge is 0.275 e. The normalized spacial score (nSPS) is 11.1. The van der Waals surface area contributed by atoms with Gasteiger partial charge in [0.05, 0.1) is 11.3 Å². The van der Waals surface area contributed by atoms with E-state index in [1.807, 2.05) is 0 Å². The molecule has 0 bridgehead atoms. The van der Waals surface area contributed by atoms with E-state index in [4.69, 9.17) is 0 Å². The molecule has 0 fully saturated rings. The zero-order valence-corrected chi connectivity index (χ0v) is 10.4. The summed E-state index contributed by atoms with van der Waals surface area (Å²) in [6.07, 6.45) is 3.30. The summed E-state index contributed by atoms with van der Waals surface area (Å²) < 4.78 is 0. The summed E-state index contributed by atoms with van der Waals surface area (Å²) in [7, 11) is 0. The second-order valence-corrected chi connectivity index (χ2v) is 3.89. The van der Waals surface area contributed by atoms with E-state index in [9.17, 15) is 9.90 Å². The van der Waals surface area contributed by atoms with Gasteiger partial charge in [0.1, 0.15) is 5.75 Å². The standard InChI is InChI=1S/C14H13N3O2/c1-10(11-6-8-15-9-7-11)16-17-14(19)12-4-2-3-5-13(12)18/h2-9,18H,1H3,(H,17,19)/b16-10+. The number of aromatic hydroxyl groups is 1. The molecule has 1 aromatic carbocycles. The van der Waals surface area contributed by atoms with E-state index in [1.54, 1.807) is 43.6 Å². The molecule has 0 aliphatic heterocycles. The Morgan fingerprint density at radius 3 is 2.58 bits per heavy atom. The van der Waals surface area contributed by atoms with Gasteiger partial charge in [0.2, 0.25) is 0 Å². The molecule has 1 amide bonds. The molecule has 96 valence electrons. The fourth-order valence-corrected chi connectivity index (χ4v) is 1.52. The highest BCUT2D eigenvalue weighted by Gasteiger charge is 2.09. The number of para-hydroxylation sites is 1. The molecule has 0 unspecified atom stereocenters. The van der Waals surface area contributed by atoms with Crippen molar-refractivity contribution in [2.75, 3.05) is 0 Å². The molecule has 19 heavy (non-hydrogen) atoms. The average molecular weight is 255 g/mol. The molecule has 0 atom stereocenters. The van der Waals surface area contributed by atoms with Crippen LogP contribution in [0.5, 0.6) is 5.75 Å². The molecule has 0 radical (unpaired) electrons. The Morgan fingerprint density at radius 2 is 1.89 bits per heavy atom. The number of pyridine rings is 1. The Hall–Kier alpha value is -2.69. The minimum absolute atomic E-state index is 0.0724. The number of rotatable bonds is 3. The number of nitrogens with one attached hydrogen (secondary N) is 1. The number of phenols is 1. The molecule has 1 heterocycles. The Morgan fingerprint density at radius 1 is 1.21 bits per heavy atom. The van der Waals surface area contributed by atoms with Gasteiger partial charge in [-0.15, -0.1) is 0 Å². The lowest BCUT2D eigenvalue weighted by Gasteiger charge is -2.04. The highest BCUT2D eigenvalue weighted by molar-refractivity contribution is 6.01. The molecule has 5 nitrogen and oxygen atoms in total. The van der Waals surface area contributed by atoms with E-state index < -0.39 is 5.91 Å². The maximum Gasteiger partial charge on any atom is 0.275 e. The molecular formula is C14H13N3O2. The molecule has 2 rings (SSSR count). The van der Waals surface area contributed by atoms with Crippen LogP contribution in [-0.4, -0.2) is 21.7 Å². The van der Waals surface area contributed by atoms with Crippen LogP contribution < -0.4 is 5.43 Å². The quantitative estimate of drug-likeness (QED) is 0.650. The van der Waals surface area contributed by atoms with Crippen LogP contribution in [0.4, 0.5) is 0 Å². The molecule has 0 spiro atoms. The zero-order chi connectivity index (χ0) is 13.7. The van der Waals surface area contributed by atoms with E-state index in [-0.39, 0.29) is 11.3 Å². The van der Waals surface area contributed by atoms with Crippen LogP contribution in [0.1, 0.15) is 22.8 Å². The van der Waals surface area contributed by atoms with Gasteiger partial charge < -0.3 is 5.11 Å². The number of phenolic OH excluding ortho intramolecular Hbond substituents is 1. The Labute approximate surface area is 110 Å². The first-order valence-corrected chi connectivity index (χ1v) is 5.71. The Balaban J connectivity index is 2.11. The van der Waals surface area contributed by atoms with Gasteiger partial charge in [-0.2, -0.15) is 5.10 Å². The van der Waals surface area contributed by atoms with Crippen LogP contribution in [0, 0.1) is 0 Å². The van der Waals surface area contributed by atoms with Crippen molar-refractivity contribution >= 4 is 11.6 Å². The van der Waals surface area contributed by atoms with E-state index in [0.29, 0.717) is 5.71 Å². The number of hydrogen-bond acceptors (Lipinski definition) is 4. The van der Waals surface area contributed by atoms with Crippen molar-refractivity contribution in [1.82, 2.24) is 10.4 Å². The monoisotopic (exact) mass is 255 g/mol. The van der Waals surface area contributed by atoms with Crippen molar-refractivity contribution in [1.29, 1.82) is 0 Å². The lowest BCUT2D eigenvalue weighted by molar-refractivity contribution is 0.0952. The molecular weight excluding hydrogens is 242 g/mol. The summed E-state index contributed by atoms with van der Waals surface area (Å²) in [5, 5.41) is 13.5. The van der Waals surface area contributed by atoms with Crippen LogP contribution in [0.3, 0.4) is 0 Å². The first kappa shape index (κ1) is 12.8. The van der Waals surface area contributed by atoms with Crippen molar-refractivity contribution < 1.29 is 9.90 Å². The minimum atomic E-state index is -0.452. The number of hydrazone groups is 1. The van der Waals surface area contributed by atoms with Crippen LogP contribution in [0.25, 0.3) is 0 Å². The van der Waals surface area contributed by atoms with Gasteiger partial charge in [-0.25, -0.2) is 5.43 Å². The van der Waals surface area contributed by atoms with Gasteiger partial charge in [0, 0.05) is 18.0 Å².